The topological polar surface area (TPSA) is 56.9 Å². The van der Waals surface area contributed by atoms with E-state index in [0.717, 1.165) is 52.1 Å². The van der Waals surface area contributed by atoms with Gasteiger partial charge in [-0.15, -0.1) is 24.0 Å². The fourth-order valence-corrected chi connectivity index (χ4v) is 2.83. The van der Waals surface area contributed by atoms with Crippen LogP contribution in [-0.4, -0.2) is 56.7 Å². The van der Waals surface area contributed by atoms with Crippen LogP contribution in [0.25, 0.3) is 0 Å². The highest BCUT2D eigenvalue weighted by molar-refractivity contribution is 14.0. The lowest BCUT2D eigenvalue weighted by atomic mass is 10.2. The van der Waals surface area contributed by atoms with Crippen molar-refractivity contribution in [2.24, 2.45) is 10.7 Å². The van der Waals surface area contributed by atoms with Crippen LogP contribution in [0.1, 0.15) is 26.2 Å². The van der Waals surface area contributed by atoms with Crippen molar-refractivity contribution in [1.82, 2.24) is 10.2 Å². The molecule has 5 nitrogen and oxygen atoms in total. The summed E-state index contributed by atoms with van der Waals surface area (Å²) in [6, 6.07) is 10.7. The number of aliphatic imine (C=N–C) groups is 1. The number of nitrogens with one attached hydrogen (secondary N) is 1. The van der Waals surface area contributed by atoms with Crippen molar-refractivity contribution < 1.29 is 0 Å². The number of hydrogen-bond acceptors (Lipinski definition) is 3. The average molecular weight is 445 g/mol. The van der Waals surface area contributed by atoms with E-state index in [2.05, 4.69) is 57.4 Å². The van der Waals surface area contributed by atoms with Crippen LogP contribution in [0.3, 0.4) is 0 Å². The number of anilines is 1. The van der Waals surface area contributed by atoms with E-state index in [0.29, 0.717) is 5.96 Å². The Labute approximate surface area is 163 Å². The van der Waals surface area contributed by atoms with Crippen LogP contribution in [0.5, 0.6) is 0 Å². The smallest absolute Gasteiger partial charge is 0.188 e. The minimum atomic E-state index is 0. The van der Waals surface area contributed by atoms with Crippen LogP contribution >= 0.6 is 24.0 Å². The number of unbranched alkanes of at least 4 members (excludes halogenated alkanes) is 1. The number of para-hydroxylation sites is 1. The first-order valence-corrected chi connectivity index (χ1v) is 8.85. The predicted octanol–water partition coefficient (Wildman–Crippen LogP) is 2.52. The predicted molar refractivity (Wildman–Crippen MR) is 115 cm³/mol. The summed E-state index contributed by atoms with van der Waals surface area (Å²) in [6.45, 7) is 9.57. The molecular formula is C18H32IN5. The number of guanidine groups is 1. The molecule has 1 aliphatic heterocycles. The lowest BCUT2D eigenvalue weighted by molar-refractivity contribution is 0.253. The van der Waals surface area contributed by atoms with Crippen molar-refractivity contribution in [3.8, 4) is 0 Å². The molecule has 6 heteroatoms. The van der Waals surface area contributed by atoms with Gasteiger partial charge in [-0.3, -0.25) is 9.89 Å². The summed E-state index contributed by atoms with van der Waals surface area (Å²) < 4.78 is 0. The van der Waals surface area contributed by atoms with Crippen molar-refractivity contribution in [3.63, 3.8) is 0 Å². The van der Waals surface area contributed by atoms with Gasteiger partial charge in [0.1, 0.15) is 0 Å². The standard InChI is InChI=1S/C18H31N5.HI/c1-2-10-20-18(19)21-11-6-7-12-22-13-15-23(16-14-22)17-8-4-3-5-9-17;/h3-5,8-9H,2,6-7,10-16H2,1H3,(H3,19,20,21);1H. The second kappa shape index (κ2) is 12.4. The van der Waals surface area contributed by atoms with E-state index in [1.807, 2.05) is 0 Å². The van der Waals surface area contributed by atoms with E-state index >= 15 is 0 Å². The normalized spacial score (nSPS) is 15.9. The molecule has 0 aliphatic carbocycles. The summed E-state index contributed by atoms with van der Waals surface area (Å²) in [5, 5.41) is 3.18. The molecule has 136 valence electrons. The van der Waals surface area contributed by atoms with Crippen LogP contribution in [0.15, 0.2) is 35.3 Å². The zero-order valence-corrected chi connectivity index (χ0v) is 17.1. The maximum atomic E-state index is 5.78. The molecule has 0 aromatic heterocycles. The summed E-state index contributed by atoms with van der Waals surface area (Å²) in [5.41, 5.74) is 7.12. The molecule has 1 fully saturated rings. The second-order valence-corrected chi connectivity index (χ2v) is 6.07. The summed E-state index contributed by atoms with van der Waals surface area (Å²) in [7, 11) is 0. The van der Waals surface area contributed by atoms with Crippen molar-refractivity contribution >= 4 is 35.6 Å². The van der Waals surface area contributed by atoms with E-state index in [-0.39, 0.29) is 24.0 Å². The first kappa shape index (κ1) is 21.0. The maximum absolute atomic E-state index is 5.78. The van der Waals surface area contributed by atoms with Gasteiger partial charge in [0, 0.05) is 45.0 Å². The van der Waals surface area contributed by atoms with E-state index in [1.165, 1.54) is 18.7 Å². The number of rotatable bonds is 8. The molecule has 1 heterocycles. The number of nitrogens with two attached hydrogens (primary N) is 1. The Kier molecular flexibility index (Phi) is 10.8. The van der Waals surface area contributed by atoms with Crippen LogP contribution in [0.4, 0.5) is 5.69 Å². The van der Waals surface area contributed by atoms with Crippen molar-refractivity contribution in [2.45, 2.75) is 26.2 Å². The third-order valence-electron chi connectivity index (χ3n) is 4.21. The first-order valence-electron chi connectivity index (χ1n) is 8.85. The van der Waals surface area contributed by atoms with Crippen LogP contribution in [0.2, 0.25) is 0 Å². The number of piperazine rings is 1. The van der Waals surface area contributed by atoms with E-state index in [9.17, 15) is 0 Å². The third-order valence-corrected chi connectivity index (χ3v) is 4.21. The molecule has 3 N–H and O–H groups in total. The van der Waals surface area contributed by atoms with Gasteiger partial charge in [0.05, 0.1) is 0 Å². The summed E-state index contributed by atoms with van der Waals surface area (Å²) in [6.07, 6.45) is 3.39. The highest BCUT2D eigenvalue weighted by Crippen LogP contribution is 2.15. The zero-order chi connectivity index (χ0) is 16.3. The van der Waals surface area contributed by atoms with Crippen molar-refractivity contribution in [2.75, 3.05) is 50.7 Å². The van der Waals surface area contributed by atoms with Gasteiger partial charge in [-0.1, -0.05) is 25.1 Å². The summed E-state index contributed by atoms with van der Waals surface area (Å²) in [4.78, 5) is 9.27. The zero-order valence-electron chi connectivity index (χ0n) is 14.8. The van der Waals surface area contributed by atoms with Crippen LogP contribution < -0.4 is 16.0 Å². The lowest BCUT2D eigenvalue weighted by Gasteiger charge is -2.36. The first-order chi connectivity index (χ1) is 11.3. The second-order valence-electron chi connectivity index (χ2n) is 6.07. The third kappa shape index (κ3) is 7.70. The molecule has 0 unspecified atom stereocenters. The molecule has 1 aliphatic rings. The van der Waals surface area contributed by atoms with Gasteiger partial charge in [0.25, 0.3) is 0 Å². The molecular weight excluding hydrogens is 413 g/mol. The van der Waals surface area contributed by atoms with E-state index in [4.69, 9.17) is 5.73 Å². The molecule has 1 aromatic rings. The molecule has 0 atom stereocenters. The number of hydrogen-bond donors (Lipinski definition) is 2. The summed E-state index contributed by atoms with van der Waals surface area (Å²) in [5.74, 6) is 0.586. The number of nitrogens with zero attached hydrogens (tertiary/aromatic N) is 3. The minimum absolute atomic E-state index is 0. The lowest BCUT2D eigenvalue weighted by Crippen LogP contribution is -2.46. The molecule has 0 spiro atoms. The number of benzene rings is 1. The Morgan fingerprint density at radius 2 is 1.83 bits per heavy atom. The van der Waals surface area contributed by atoms with Crippen LogP contribution in [-0.2, 0) is 0 Å². The Bertz CT molecular complexity index is 458. The fourth-order valence-electron chi connectivity index (χ4n) is 2.83. The summed E-state index contributed by atoms with van der Waals surface area (Å²) >= 11 is 0. The van der Waals surface area contributed by atoms with Crippen LogP contribution in [0, 0.1) is 0 Å². The van der Waals surface area contributed by atoms with Gasteiger partial charge in [-0.05, 0) is 37.9 Å². The largest absolute Gasteiger partial charge is 0.370 e. The quantitative estimate of drug-likeness (QED) is 0.280. The minimum Gasteiger partial charge on any atom is -0.370 e. The van der Waals surface area contributed by atoms with Crippen molar-refractivity contribution in [1.29, 1.82) is 0 Å². The SMILES string of the molecule is CCCN=C(N)NCCCCN1CCN(c2ccccc2)CC1.I. The Morgan fingerprint density at radius 3 is 2.50 bits per heavy atom. The molecule has 1 aromatic carbocycles. The molecule has 0 bridgehead atoms. The van der Waals surface area contributed by atoms with Gasteiger partial charge in [0.2, 0.25) is 0 Å². The van der Waals surface area contributed by atoms with Gasteiger partial charge in [-0.25, -0.2) is 0 Å². The highest BCUT2D eigenvalue weighted by atomic mass is 127. The number of halogens is 1. The van der Waals surface area contributed by atoms with E-state index < -0.39 is 0 Å². The van der Waals surface area contributed by atoms with Gasteiger partial charge < -0.3 is 16.0 Å². The van der Waals surface area contributed by atoms with Crippen molar-refractivity contribution in [3.05, 3.63) is 30.3 Å². The van der Waals surface area contributed by atoms with Gasteiger partial charge >= 0.3 is 0 Å². The molecule has 2 rings (SSSR count). The molecule has 0 radical (unpaired) electrons. The van der Waals surface area contributed by atoms with Gasteiger partial charge in [-0.2, -0.15) is 0 Å². The molecule has 0 saturated carbocycles. The molecule has 1 saturated heterocycles. The maximum Gasteiger partial charge on any atom is 0.188 e. The average Bonchev–Trinajstić information content (AvgIpc) is 2.61. The fraction of sp³-hybridized carbons (Fsp3) is 0.611. The molecule has 24 heavy (non-hydrogen) atoms. The monoisotopic (exact) mass is 445 g/mol. The Morgan fingerprint density at radius 1 is 1.12 bits per heavy atom. The molecule has 0 amide bonds. The highest BCUT2D eigenvalue weighted by Gasteiger charge is 2.16. The van der Waals surface area contributed by atoms with E-state index in [1.54, 1.807) is 0 Å². The Balaban J connectivity index is 0.00000288. The van der Waals surface area contributed by atoms with Gasteiger partial charge in [0.15, 0.2) is 5.96 Å². The Hall–Kier alpha value is -1.02.